The van der Waals surface area contributed by atoms with E-state index < -0.39 is 10.0 Å². The fourth-order valence-corrected chi connectivity index (χ4v) is 5.53. The highest BCUT2D eigenvalue weighted by Crippen LogP contribution is 2.27. The summed E-state index contributed by atoms with van der Waals surface area (Å²) in [6, 6.07) is 7.13. The molecule has 2 aliphatic rings. The molecule has 8 heteroatoms. The smallest absolute Gasteiger partial charge is 0.243 e. The van der Waals surface area contributed by atoms with Gasteiger partial charge in [-0.2, -0.15) is 4.31 Å². The molecular formula is C19H25N3O4S. The van der Waals surface area contributed by atoms with Gasteiger partial charge in [-0.3, -0.25) is 4.79 Å². The van der Waals surface area contributed by atoms with Crippen molar-refractivity contribution in [3.8, 4) is 0 Å². The fourth-order valence-electron chi connectivity index (χ4n) is 3.97. The number of hydrogen-bond acceptors (Lipinski definition) is 4. The van der Waals surface area contributed by atoms with Crippen molar-refractivity contribution < 1.29 is 17.9 Å². The molecule has 2 saturated heterocycles. The SMILES string of the molecule is Cn1ccc2cc(S(=O)(=O)N3CCCC(C(=O)N4CCOCC4)C3)ccc21. The highest BCUT2D eigenvalue weighted by atomic mass is 32.2. The van der Waals surface area contributed by atoms with Crippen LogP contribution in [0, 0.1) is 5.92 Å². The zero-order chi connectivity index (χ0) is 19.0. The van der Waals surface area contributed by atoms with E-state index in [0.717, 1.165) is 17.3 Å². The summed E-state index contributed by atoms with van der Waals surface area (Å²) >= 11 is 0. The van der Waals surface area contributed by atoms with E-state index in [2.05, 4.69) is 0 Å². The number of amides is 1. The Bertz CT molecular complexity index is 947. The number of fused-ring (bicyclic) bond motifs is 1. The molecule has 1 aromatic heterocycles. The van der Waals surface area contributed by atoms with Gasteiger partial charge in [0.1, 0.15) is 0 Å². The van der Waals surface area contributed by atoms with E-state index in [9.17, 15) is 13.2 Å². The third-order valence-corrected chi connectivity index (χ3v) is 7.41. The maximum atomic E-state index is 13.2. The van der Waals surface area contributed by atoms with Gasteiger partial charge in [-0.15, -0.1) is 0 Å². The van der Waals surface area contributed by atoms with Gasteiger partial charge >= 0.3 is 0 Å². The van der Waals surface area contributed by atoms with Gasteiger partial charge in [-0.1, -0.05) is 0 Å². The zero-order valence-corrected chi connectivity index (χ0v) is 16.3. The van der Waals surface area contributed by atoms with Crippen LogP contribution < -0.4 is 0 Å². The molecule has 7 nitrogen and oxygen atoms in total. The van der Waals surface area contributed by atoms with Crippen LogP contribution in [0.4, 0.5) is 0 Å². The summed E-state index contributed by atoms with van der Waals surface area (Å²) in [6.07, 6.45) is 3.35. The molecule has 0 N–H and O–H groups in total. The lowest BCUT2D eigenvalue weighted by Crippen LogP contribution is -2.49. The molecule has 1 amide bonds. The third kappa shape index (κ3) is 3.49. The molecule has 146 valence electrons. The Morgan fingerprint density at radius 2 is 1.93 bits per heavy atom. The highest BCUT2D eigenvalue weighted by molar-refractivity contribution is 7.89. The number of aromatic nitrogens is 1. The Morgan fingerprint density at radius 3 is 2.70 bits per heavy atom. The topological polar surface area (TPSA) is 71.9 Å². The molecule has 3 heterocycles. The number of hydrogen-bond donors (Lipinski definition) is 0. The predicted octanol–water partition coefficient (Wildman–Crippen LogP) is 1.44. The van der Waals surface area contributed by atoms with Crippen molar-refractivity contribution in [2.45, 2.75) is 17.7 Å². The summed E-state index contributed by atoms with van der Waals surface area (Å²) in [4.78, 5) is 14.9. The number of carbonyl (C=O) groups is 1. The number of rotatable bonds is 3. The normalized spacial score (nSPS) is 22.3. The summed E-state index contributed by atoms with van der Waals surface area (Å²) < 4.78 is 35.1. The average molecular weight is 391 g/mol. The van der Waals surface area contributed by atoms with Crippen LogP contribution in [-0.4, -0.2) is 67.5 Å². The first kappa shape index (κ1) is 18.5. The Hall–Kier alpha value is -1.90. The second kappa shape index (κ2) is 7.26. The van der Waals surface area contributed by atoms with Gasteiger partial charge in [0, 0.05) is 50.3 Å². The number of aryl methyl sites for hydroxylation is 1. The monoisotopic (exact) mass is 391 g/mol. The summed E-state index contributed by atoms with van der Waals surface area (Å²) in [5, 5.41) is 0.900. The van der Waals surface area contributed by atoms with E-state index in [4.69, 9.17) is 4.74 Å². The Labute approximate surface area is 159 Å². The van der Waals surface area contributed by atoms with Gasteiger partial charge in [-0.25, -0.2) is 8.42 Å². The maximum absolute atomic E-state index is 13.2. The Morgan fingerprint density at radius 1 is 1.15 bits per heavy atom. The Balaban J connectivity index is 1.54. The van der Waals surface area contributed by atoms with Gasteiger partial charge in [0.15, 0.2) is 0 Å². The molecule has 1 aromatic carbocycles. The molecule has 0 saturated carbocycles. The molecule has 2 fully saturated rings. The van der Waals surface area contributed by atoms with Crippen molar-refractivity contribution in [2.24, 2.45) is 13.0 Å². The zero-order valence-electron chi connectivity index (χ0n) is 15.5. The molecule has 4 rings (SSSR count). The van der Waals surface area contributed by atoms with Crippen LogP contribution in [0.2, 0.25) is 0 Å². The van der Waals surface area contributed by atoms with Crippen LogP contribution >= 0.6 is 0 Å². The van der Waals surface area contributed by atoms with Gasteiger partial charge in [-0.05, 0) is 37.1 Å². The highest BCUT2D eigenvalue weighted by Gasteiger charge is 2.35. The van der Waals surface area contributed by atoms with Crippen molar-refractivity contribution in [1.82, 2.24) is 13.8 Å². The second-order valence-corrected chi connectivity index (χ2v) is 9.23. The van der Waals surface area contributed by atoms with Crippen LogP contribution in [0.15, 0.2) is 35.4 Å². The van der Waals surface area contributed by atoms with Crippen LogP contribution in [0.25, 0.3) is 10.9 Å². The first-order chi connectivity index (χ1) is 13.0. The second-order valence-electron chi connectivity index (χ2n) is 7.29. The number of benzene rings is 1. The van der Waals surface area contributed by atoms with Crippen molar-refractivity contribution >= 4 is 26.8 Å². The lowest BCUT2D eigenvalue weighted by Gasteiger charge is -2.35. The molecular weight excluding hydrogens is 366 g/mol. The van der Waals surface area contributed by atoms with E-state index in [0.29, 0.717) is 44.2 Å². The Kier molecular flexibility index (Phi) is 4.96. The number of sulfonamides is 1. The minimum atomic E-state index is -3.61. The first-order valence-electron chi connectivity index (χ1n) is 9.38. The quantitative estimate of drug-likeness (QED) is 0.794. The largest absolute Gasteiger partial charge is 0.378 e. The molecule has 0 spiro atoms. The molecule has 1 atom stereocenters. The fraction of sp³-hybridized carbons (Fsp3) is 0.526. The van der Waals surface area contributed by atoms with Crippen LogP contribution in [-0.2, 0) is 26.6 Å². The third-order valence-electron chi connectivity index (χ3n) is 5.55. The lowest BCUT2D eigenvalue weighted by molar-refractivity contribution is -0.140. The molecule has 2 aliphatic heterocycles. The van der Waals surface area contributed by atoms with Gasteiger partial charge in [0.25, 0.3) is 0 Å². The summed E-state index contributed by atoms with van der Waals surface area (Å²) in [7, 11) is -1.68. The number of ether oxygens (including phenoxy) is 1. The maximum Gasteiger partial charge on any atom is 0.243 e. The standard InChI is InChI=1S/C19H25N3O4S/c1-20-8-6-15-13-17(4-5-18(15)20)27(24,25)22-7-2-3-16(14-22)19(23)21-9-11-26-12-10-21/h4-6,8,13,16H,2-3,7,9-12,14H2,1H3. The molecule has 27 heavy (non-hydrogen) atoms. The number of morpholine rings is 1. The minimum Gasteiger partial charge on any atom is -0.378 e. The van der Waals surface area contributed by atoms with Crippen LogP contribution in [0.3, 0.4) is 0 Å². The molecule has 1 unspecified atom stereocenters. The predicted molar refractivity (Wildman–Crippen MR) is 102 cm³/mol. The van der Waals surface area contributed by atoms with Crippen LogP contribution in [0.1, 0.15) is 12.8 Å². The number of nitrogens with zero attached hydrogens (tertiary/aromatic N) is 3. The van der Waals surface area contributed by atoms with Crippen molar-refractivity contribution in [2.75, 3.05) is 39.4 Å². The van der Waals surface area contributed by atoms with Crippen LogP contribution in [0.5, 0.6) is 0 Å². The van der Waals surface area contributed by atoms with E-state index in [1.807, 2.05) is 29.9 Å². The molecule has 0 bridgehead atoms. The van der Waals surface area contributed by atoms with E-state index in [-0.39, 0.29) is 18.4 Å². The van der Waals surface area contributed by atoms with E-state index in [1.165, 1.54) is 4.31 Å². The summed E-state index contributed by atoms with van der Waals surface area (Å²) in [5.74, 6) is -0.219. The van der Waals surface area contributed by atoms with Gasteiger partial charge in [0.05, 0.1) is 24.0 Å². The molecule has 0 aliphatic carbocycles. The first-order valence-corrected chi connectivity index (χ1v) is 10.8. The van der Waals surface area contributed by atoms with E-state index in [1.54, 1.807) is 17.0 Å². The molecule has 2 aromatic rings. The van der Waals surface area contributed by atoms with Gasteiger partial charge in [0.2, 0.25) is 15.9 Å². The summed E-state index contributed by atoms with van der Waals surface area (Å²) in [5.41, 5.74) is 0.993. The molecule has 0 radical (unpaired) electrons. The average Bonchev–Trinajstić information content (AvgIpc) is 3.08. The van der Waals surface area contributed by atoms with Crippen molar-refractivity contribution in [3.05, 3.63) is 30.5 Å². The number of carbonyl (C=O) groups excluding carboxylic acids is 1. The lowest BCUT2D eigenvalue weighted by atomic mass is 9.98. The van der Waals surface area contributed by atoms with Crippen molar-refractivity contribution in [3.63, 3.8) is 0 Å². The summed E-state index contributed by atoms with van der Waals surface area (Å²) in [6.45, 7) is 3.00. The number of piperidine rings is 1. The van der Waals surface area contributed by atoms with Crippen molar-refractivity contribution in [1.29, 1.82) is 0 Å². The van der Waals surface area contributed by atoms with E-state index >= 15 is 0 Å². The minimum absolute atomic E-state index is 0.0525. The van der Waals surface area contributed by atoms with Gasteiger partial charge < -0.3 is 14.2 Å².